The van der Waals surface area contributed by atoms with Crippen LogP contribution in [0, 0.1) is 37.1 Å². The standard InChI is InChI=1S/C28H33F2N5O3.C24H25F2N5O3.H3N/c1-17-25(32-19-14-20(16-31-15-19)34-8-10-37-11-9-34)24-21(30)12-18(29)13-22(24)33-26(17)35-7-5-6-23(35)27(36)38-28(2,3)4;1-14-22(28-16-11-17(13-27-12-16)30-5-7-34-8-6-30)21-18(26)9-15(25)10-19(21)29-23(14)31-4-2-3-20(31)24(32)33;/h12-16,23H,5-11H2,1-4H3,(H,32,33);9-13,20H,2-8H2,1H3,(H,28,29)(H,32,33);1H3/t23-;20-;/m11./s1. The number of morpholine rings is 2. The predicted octanol–water partition coefficient (Wildman–Crippen LogP) is 9.12. The third-order valence-corrected chi connectivity index (χ3v) is 13.2. The number of pyridine rings is 4. The number of halogens is 4. The first-order chi connectivity index (χ1) is 34.5. The molecule has 10 rings (SSSR count). The Hall–Kier alpha value is -7.10. The van der Waals surface area contributed by atoms with E-state index >= 15 is 8.78 Å². The van der Waals surface area contributed by atoms with Crippen LogP contribution in [-0.4, -0.2) is 120 Å². The zero-order valence-electron chi connectivity index (χ0n) is 41.6. The summed E-state index contributed by atoms with van der Waals surface area (Å²) in [7, 11) is 0. The molecule has 0 spiro atoms. The van der Waals surface area contributed by atoms with E-state index < -0.39 is 46.9 Å². The zero-order chi connectivity index (χ0) is 50.8. The first-order valence-corrected chi connectivity index (χ1v) is 24.2. The minimum absolute atomic E-state index is 0. The highest BCUT2D eigenvalue weighted by molar-refractivity contribution is 6.00. The topological polar surface area (TPSA) is 206 Å². The lowest BCUT2D eigenvalue weighted by Crippen LogP contribution is -2.41. The highest BCUT2D eigenvalue weighted by atomic mass is 19.1. The van der Waals surface area contributed by atoms with Crippen LogP contribution in [0.5, 0.6) is 0 Å². The number of aliphatic carboxylic acids is 1. The number of esters is 1. The van der Waals surface area contributed by atoms with Gasteiger partial charge >= 0.3 is 11.9 Å². The van der Waals surface area contributed by atoms with Crippen molar-refractivity contribution in [2.45, 2.75) is 78.0 Å². The molecule has 6 N–H and O–H groups in total. The average molecular weight is 1010 g/mol. The van der Waals surface area contributed by atoms with Gasteiger partial charge in [0.05, 0.1) is 107 Å². The van der Waals surface area contributed by atoms with Crippen LogP contribution in [0.15, 0.2) is 61.2 Å². The average Bonchev–Trinajstić information content (AvgIpc) is 4.05. The fourth-order valence-electron chi connectivity index (χ4n) is 9.84. The Balaban J connectivity index is 0.000000193. The first-order valence-electron chi connectivity index (χ1n) is 24.2. The molecular weight excluding hydrogens is 951 g/mol. The van der Waals surface area contributed by atoms with Crippen LogP contribution < -0.4 is 36.4 Å². The van der Waals surface area contributed by atoms with Crippen molar-refractivity contribution < 1.29 is 46.5 Å². The Morgan fingerprint density at radius 2 is 1.07 bits per heavy atom. The molecule has 4 aliphatic rings. The fourth-order valence-corrected chi connectivity index (χ4v) is 9.84. The summed E-state index contributed by atoms with van der Waals surface area (Å²) in [5.41, 5.74) is 4.87. The number of aromatic nitrogens is 4. The van der Waals surface area contributed by atoms with Gasteiger partial charge in [0.2, 0.25) is 0 Å². The molecule has 8 heterocycles. The largest absolute Gasteiger partial charge is 0.480 e. The Morgan fingerprint density at radius 1 is 0.644 bits per heavy atom. The summed E-state index contributed by atoms with van der Waals surface area (Å²) in [6.45, 7) is 15.7. The van der Waals surface area contributed by atoms with Gasteiger partial charge in [-0.2, -0.15) is 0 Å². The quantitative estimate of drug-likeness (QED) is 0.0746. The summed E-state index contributed by atoms with van der Waals surface area (Å²) < 4.78 is 75.2. The van der Waals surface area contributed by atoms with Gasteiger partial charge in [0.25, 0.3) is 0 Å². The second-order valence-electron chi connectivity index (χ2n) is 19.3. The van der Waals surface area contributed by atoms with Crippen LogP contribution in [0.3, 0.4) is 0 Å². The lowest BCUT2D eigenvalue weighted by molar-refractivity contribution is -0.156. The summed E-state index contributed by atoms with van der Waals surface area (Å²) >= 11 is 0. The van der Waals surface area contributed by atoms with E-state index in [-0.39, 0.29) is 33.9 Å². The molecule has 17 nitrogen and oxygen atoms in total. The second-order valence-corrected chi connectivity index (χ2v) is 19.3. The highest BCUT2D eigenvalue weighted by Crippen LogP contribution is 2.41. The summed E-state index contributed by atoms with van der Waals surface area (Å²) in [4.78, 5) is 50.7. The molecule has 0 unspecified atom stereocenters. The number of hydrogen-bond acceptors (Lipinski definition) is 16. The van der Waals surface area contributed by atoms with Crippen molar-refractivity contribution in [3.8, 4) is 0 Å². The van der Waals surface area contributed by atoms with Gasteiger partial charge in [-0.15, -0.1) is 0 Å². The maximum absolute atomic E-state index is 15.2. The van der Waals surface area contributed by atoms with E-state index in [0.29, 0.717) is 104 Å². The summed E-state index contributed by atoms with van der Waals surface area (Å²) in [6, 6.07) is 6.67. The monoisotopic (exact) mass is 1010 g/mol. The molecule has 4 aliphatic heterocycles. The van der Waals surface area contributed by atoms with E-state index in [1.165, 1.54) is 12.1 Å². The summed E-state index contributed by atoms with van der Waals surface area (Å²) in [6.07, 6.45) is 9.40. The number of carboxylic acid groups (broad SMARTS) is 1. The number of rotatable bonds is 10. The lowest BCUT2D eigenvalue weighted by Gasteiger charge is -2.30. The van der Waals surface area contributed by atoms with E-state index in [0.717, 1.165) is 56.1 Å². The minimum atomic E-state index is -0.943. The summed E-state index contributed by atoms with van der Waals surface area (Å²) in [5.74, 6) is -3.30. The van der Waals surface area contributed by atoms with Crippen molar-refractivity contribution in [1.29, 1.82) is 0 Å². The van der Waals surface area contributed by atoms with Crippen molar-refractivity contribution in [3.05, 3.63) is 95.6 Å². The second kappa shape index (κ2) is 21.9. The van der Waals surface area contributed by atoms with Crippen molar-refractivity contribution >= 4 is 79.5 Å². The molecule has 388 valence electrons. The normalized spacial score (nSPS) is 18.1. The minimum Gasteiger partial charge on any atom is -0.480 e. The van der Waals surface area contributed by atoms with Gasteiger partial charge in [0.1, 0.15) is 52.6 Å². The van der Waals surface area contributed by atoms with Crippen LogP contribution in [0.1, 0.15) is 57.6 Å². The van der Waals surface area contributed by atoms with Crippen LogP contribution in [0.25, 0.3) is 21.8 Å². The SMILES string of the molecule is Cc1c(N2CCC[C@@H]2C(=O)O)nc2cc(F)cc(F)c2c1Nc1cncc(N2CCOCC2)c1.Cc1c(N2CCC[C@@H]2C(=O)OC(C)(C)C)nc2cc(F)cc(F)c2c1Nc1cncc(N2CCOCC2)c1.N. The fraction of sp³-hybridized carbons (Fsp3) is 0.423. The van der Waals surface area contributed by atoms with Crippen molar-refractivity contribution in [1.82, 2.24) is 26.1 Å². The molecule has 0 aliphatic carbocycles. The molecular formula is C52H61F4N11O6. The molecule has 73 heavy (non-hydrogen) atoms. The molecule has 4 fully saturated rings. The van der Waals surface area contributed by atoms with Gasteiger partial charge in [-0.25, -0.2) is 37.1 Å². The molecule has 6 aromatic rings. The van der Waals surface area contributed by atoms with E-state index in [4.69, 9.17) is 14.2 Å². The number of carboxylic acids is 1. The number of carbonyl (C=O) groups is 2. The molecule has 2 atom stereocenters. The molecule has 2 aromatic carbocycles. The molecule has 4 saturated heterocycles. The van der Waals surface area contributed by atoms with E-state index in [1.54, 1.807) is 36.6 Å². The molecule has 0 bridgehead atoms. The van der Waals surface area contributed by atoms with Crippen LogP contribution >= 0.6 is 0 Å². The van der Waals surface area contributed by atoms with Crippen LogP contribution in [0.2, 0.25) is 0 Å². The van der Waals surface area contributed by atoms with Crippen molar-refractivity contribution in [2.75, 3.05) is 95.9 Å². The number of nitrogens with one attached hydrogen (secondary N) is 2. The van der Waals surface area contributed by atoms with Gasteiger partial charge in [-0.05, 0) is 72.4 Å². The van der Waals surface area contributed by atoms with Crippen LogP contribution in [-0.2, 0) is 23.8 Å². The number of ether oxygens (including phenoxy) is 3. The molecule has 4 aromatic heterocycles. The van der Waals surface area contributed by atoms with Gasteiger partial charge in [-0.1, -0.05) is 0 Å². The maximum atomic E-state index is 15.2. The van der Waals surface area contributed by atoms with Gasteiger partial charge in [0.15, 0.2) is 0 Å². The van der Waals surface area contributed by atoms with Crippen molar-refractivity contribution in [3.63, 3.8) is 0 Å². The van der Waals surface area contributed by atoms with E-state index in [2.05, 4.69) is 40.4 Å². The third kappa shape index (κ3) is 11.4. The Morgan fingerprint density at radius 3 is 1.49 bits per heavy atom. The van der Waals surface area contributed by atoms with E-state index in [9.17, 15) is 23.5 Å². The number of fused-ring (bicyclic) bond motifs is 2. The van der Waals surface area contributed by atoms with Gasteiger partial charge < -0.3 is 55.7 Å². The first kappa shape index (κ1) is 52.2. The van der Waals surface area contributed by atoms with Gasteiger partial charge in [-0.3, -0.25) is 9.97 Å². The van der Waals surface area contributed by atoms with Crippen molar-refractivity contribution in [2.24, 2.45) is 0 Å². The Kier molecular flexibility index (Phi) is 15.7. The zero-order valence-corrected chi connectivity index (χ0v) is 41.6. The highest BCUT2D eigenvalue weighted by Gasteiger charge is 2.37. The number of nitrogens with zero attached hydrogens (tertiary/aromatic N) is 8. The van der Waals surface area contributed by atoms with E-state index in [1.807, 2.05) is 44.7 Å². The van der Waals surface area contributed by atoms with Crippen LogP contribution in [0.4, 0.5) is 63.3 Å². The molecule has 0 saturated carbocycles. The Labute approximate surface area is 420 Å². The summed E-state index contributed by atoms with van der Waals surface area (Å²) in [5, 5.41) is 16.6. The Bertz CT molecular complexity index is 3010. The smallest absolute Gasteiger partial charge is 0.329 e. The number of hydrogen-bond donors (Lipinski definition) is 4. The maximum Gasteiger partial charge on any atom is 0.329 e. The van der Waals surface area contributed by atoms with Gasteiger partial charge in [0, 0.05) is 74.7 Å². The molecule has 0 radical (unpaired) electrons. The number of anilines is 8. The molecule has 21 heteroatoms. The third-order valence-electron chi connectivity index (χ3n) is 13.2. The number of benzene rings is 2. The predicted molar refractivity (Wildman–Crippen MR) is 273 cm³/mol. The molecule has 0 amide bonds. The number of carbonyl (C=O) groups excluding carboxylic acids is 1. The lowest BCUT2D eigenvalue weighted by atomic mass is 10.1.